The molecule has 2 amide bonds. The van der Waals surface area contributed by atoms with Gasteiger partial charge in [-0.25, -0.2) is 4.98 Å². The highest BCUT2D eigenvalue weighted by atomic mass is 32.1. The number of rotatable bonds is 8. The Morgan fingerprint density at radius 3 is 2.62 bits per heavy atom. The SMILES string of the molecule is COc1ccc(CCN2C[C@H](C(=O)Nc3ccc(-c4nccs4)cc3)CC2=O)cc1OC. The van der Waals surface area contributed by atoms with Crippen LogP contribution in [0, 0.1) is 5.92 Å². The topological polar surface area (TPSA) is 80.8 Å². The number of anilines is 1. The second kappa shape index (κ2) is 9.82. The van der Waals surface area contributed by atoms with Crippen LogP contribution in [0.15, 0.2) is 54.0 Å². The number of hydrogen-bond donors (Lipinski definition) is 1. The number of likely N-dealkylation sites (tertiary alicyclic amines) is 1. The third-order valence-electron chi connectivity index (χ3n) is 5.54. The van der Waals surface area contributed by atoms with E-state index in [0.717, 1.165) is 16.1 Å². The van der Waals surface area contributed by atoms with Crippen LogP contribution in [0.25, 0.3) is 10.6 Å². The van der Waals surface area contributed by atoms with Gasteiger partial charge in [-0.05, 0) is 48.4 Å². The van der Waals surface area contributed by atoms with Crippen molar-refractivity contribution in [1.29, 1.82) is 0 Å². The second-order valence-corrected chi connectivity index (χ2v) is 8.48. The Morgan fingerprint density at radius 1 is 1.16 bits per heavy atom. The largest absolute Gasteiger partial charge is 0.493 e. The number of nitrogens with one attached hydrogen (secondary N) is 1. The molecule has 1 N–H and O–H groups in total. The predicted molar refractivity (Wildman–Crippen MR) is 124 cm³/mol. The van der Waals surface area contributed by atoms with Crippen LogP contribution >= 0.6 is 11.3 Å². The molecule has 2 heterocycles. The molecule has 32 heavy (non-hydrogen) atoms. The van der Waals surface area contributed by atoms with Gasteiger partial charge >= 0.3 is 0 Å². The summed E-state index contributed by atoms with van der Waals surface area (Å²) in [5.41, 5.74) is 2.77. The number of aromatic nitrogens is 1. The van der Waals surface area contributed by atoms with E-state index >= 15 is 0 Å². The van der Waals surface area contributed by atoms with Gasteiger partial charge in [0.1, 0.15) is 5.01 Å². The number of ether oxygens (including phenoxy) is 2. The maximum atomic E-state index is 12.7. The molecule has 1 fully saturated rings. The van der Waals surface area contributed by atoms with Crippen molar-refractivity contribution in [2.24, 2.45) is 5.92 Å². The summed E-state index contributed by atoms with van der Waals surface area (Å²) >= 11 is 1.57. The summed E-state index contributed by atoms with van der Waals surface area (Å²) in [7, 11) is 3.20. The summed E-state index contributed by atoms with van der Waals surface area (Å²) < 4.78 is 10.6. The minimum atomic E-state index is -0.355. The van der Waals surface area contributed by atoms with Gasteiger partial charge in [0.05, 0.1) is 20.1 Å². The van der Waals surface area contributed by atoms with Crippen molar-refractivity contribution >= 4 is 28.8 Å². The highest BCUT2D eigenvalue weighted by molar-refractivity contribution is 7.13. The van der Waals surface area contributed by atoms with Crippen molar-refractivity contribution in [1.82, 2.24) is 9.88 Å². The monoisotopic (exact) mass is 451 g/mol. The maximum Gasteiger partial charge on any atom is 0.229 e. The van der Waals surface area contributed by atoms with E-state index in [0.29, 0.717) is 36.7 Å². The molecule has 2 aromatic carbocycles. The Bertz CT molecular complexity index is 1080. The van der Waals surface area contributed by atoms with Crippen LogP contribution in [0.5, 0.6) is 11.5 Å². The summed E-state index contributed by atoms with van der Waals surface area (Å²) in [6.07, 6.45) is 2.68. The zero-order valence-corrected chi connectivity index (χ0v) is 18.9. The minimum Gasteiger partial charge on any atom is -0.493 e. The van der Waals surface area contributed by atoms with E-state index in [4.69, 9.17) is 9.47 Å². The van der Waals surface area contributed by atoms with Crippen LogP contribution in [0.1, 0.15) is 12.0 Å². The fraction of sp³-hybridized carbons (Fsp3) is 0.292. The van der Waals surface area contributed by atoms with E-state index in [2.05, 4.69) is 10.3 Å². The zero-order chi connectivity index (χ0) is 22.5. The van der Waals surface area contributed by atoms with Crippen LogP contribution in [0.4, 0.5) is 5.69 Å². The van der Waals surface area contributed by atoms with E-state index in [1.807, 2.05) is 47.8 Å². The third-order valence-corrected chi connectivity index (χ3v) is 6.36. The number of amides is 2. The first-order valence-corrected chi connectivity index (χ1v) is 11.2. The highest BCUT2D eigenvalue weighted by Crippen LogP contribution is 2.28. The molecule has 0 saturated carbocycles. The zero-order valence-electron chi connectivity index (χ0n) is 18.0. The van der Waals surface area contributed by atoms with Crippen molar-refractivity contribution in [2.75, 3.05) is 32.6 Å². The fourth-order valence-corrected chi connectivity index (χ4v) is 4.42. The lowest BCUT2D eigenvalue weighted by Gasteiger charge is -2.17. The molecule has 1 atom stereocenters. The van der Waals surface area contributed by atoms with Crippen molar-refractivity contribution in [2.45, 2.75) is 12.8 Å². The average molecular weight is 452 g/mol. The Labute approximate surface area is 191 Å². The molecule has 1 saturated heterocycles. The summed E-state index contributed by atoms with van der Waals surface area (Å²) in [4.78, 5) is 31.2. The number of benzene rings is 2. The molecule has 0 bridgehead atoms. The van der Waals surface area contributed by atoms with Crippen LogP contribution in [-0.2, 0) is 16.0 Å². The number of carbonyl (C=O) groups is 2. The van der Waals surface area contributed by atoms with Gasteiger partial charge in [0.25, 0.3) is 0 Å². The van der Waals surface area contributed by atoms with Crippen LogP contribution < -0.4 is 14.8 Å². The van der Waals surface area contributed by atoms with Gasteiger partial charge in [-0.2, -0.15) is 0 Å². The quantitative estimate of drug-likeness (QED) is 0.563. The lowest BCUT2D eigenvalue weighted by atomic mass is 10.1. The number of hydrogen-bond acceptors (Lipinski definition) is 6. The van der Waals surface area contributed by atoms with Gasteiger partial charge < -0.3 is 19.7 Å². The van der Waals surface area contributed by atoms with Gasteiger partial charge in [-0.3, -0.25) is 9.59 Å². The molecule has 0 unspecified atom stereocenters. The molecule has 4 rings (SSSR count). The van der Waals surface area contributed by atoms with E-state index in [-0.39, 0.29) is 24.2 Å². The predicted octanol–water partition coefficient (Wildman–Crippen LogP) is 3.86. The van der Waals surface area contributed by atoms with Gasteiger partial charge in [0.15, 0.2) is 11.5 Å². The molecule has 1 aliphatic heterocycles. The second-order valence-electron chi connectivity index (χ2n) is 7.58. The molecular weight excluding hydrogens is 426 g/mol. The Morgan fingerprint density at radius 2 is 1.94 bits per heavy atom. The molecule has 8 heteroatoms. The van der Waals surface area contributed by atoms with Crippen LogP contribution in [-0.4, -0.2) is 49.0 Å². The smallest absolute Gasteiger partial charge is 0.229 e. The first kappa shape index (κ1) is 21.8. The number of carbonyl (C=O) groups excluding carboxylic acids is 2. The van der Waals surface area contributed by atoms with Gasteiger partial charge in [0.2, 0.25) is 11.8 Å². The molecule has 0 aliphatic carbocycles. The minimum absolute atomic E-state index is 0.00439. The summed E-state index contributed by atoms with van der Waals surface area (Å²) in [6, 6.07) is 13.3. The molecule has 0 spiro atoms. The summed E-state index contributed by atoms with van der Waals surface area (Å²) in [5, 5.41) is 5.80. The van der Waals surface area contributed by atoms with E-state index < -0.39 is 0 Å². The van der Waals surface area contributed by atoms with Gasteiger partial charge in [-0.15, -0.1) is 11.3 Å². The third kappa shape index (κ3) is 4.91. The molecular formula is C24H25N3O4S. The molecule has 166 valence electrons. The lowest BCUT2D eigenvalue weighted by Crippen LogP contribution is -2.30. The summed E-state index contributed by atoms with van der Waals surface area (Å²) in [5.74, 6) is 0.853. The fourth-order valence-electron chi connectivity index (χ4n) is 3.77. The number of methoxy groups -OCH3 is 2. The highest BCUT2D eigenvalue weighted by Gasteiger charge is 2.34. The Balaban J connectivity index is 1.31. The van der Waals surface area contributed by atoms with E-state index in [9.17, 15) is 9.59 Å². The first-order valence-electron chi connectivity index (χ1n) is 10.4. The molecule has 1 aromatic heterocycles. The average Bonchev–Trinajstić information content (AvgIpc) is 3.48. The van der Waals surface area contributed by atoms with E-state index in [1.165, 1.54) is 0 Å². The van der Waals surface area contributed by atoms with Crippen LogP contribution in [0.2, 0.25) is 0 Å². The van der Waals surface area contributed by atoms with Crippen molar-refractivity contribution in [3.63, 3.8) is 0 Å². The van der Waals surface area contributed by atoms with Crippen LogP contribution in [0.3, 0.4) is 0 Å². The molecule has 0 radical (unpaired) electrons. The molecule has 7 nitrogen and oxygen atoms in total. The normalized spacial score (nSPS) is 15.6. The molecule has 1 aliphatic rings. The maximum absolute atomic E-state index is 12.7. The van der Waals surface area contributed by atoms with Gasteiger partial charge in [0, 0.05) is 42.3 Å². The lowest BCUT2D eigenvalue weighted by molar-refractivity contribution is -0.128. The standard InChI is InChI=1S/C24H25N3O4S/c1-30-20-8-3-16(13-21(20)31-2)9-11-27-15-18(14-22(27)28)23(29)26-19-6-4-17(5-7-19)24-25-10-12-32-24/h3-8,10,12-13,18H,9,11,14-15H2,1-2H3,(H,26,29)/t18-/m1/s1. The first-order chi connectivity index (χ1) is 15.6. The van der Waals surface area contributed by atoms with Crippen molar-refractivity contribution < 1.29 is 19.1 Å². The summed E-state index contributed by atoms with van der Waals surface area (Å²) in [6.45, 7) is 0.982. The van der Waals surface area contributed by atoms with E-state index in [1.54, 1.807) is 36.7 Å². The van der Waals surface area contributed by atoms with Crippen molar-refractivity contribution in [3.05, 3.63) is 59.6 Å². The Kier molecular flexibility index (Phi) is 6.70. The van der Waals surface area contributed by atoms with Gasteiger partial charge in [-0.1, -0.05) is 6.07 Å². The molecule has 3 aromatic rings. The number of thiazole rings is 1. The Hall–Kier alpha value is -3.39. The number of nitrogens with zero attached hydrogens (tertiary/aromatic N) is 2. The van der Waals surface area contributed by atoms with Crippen molar-refractivity contribution in [3.8, 4) is 22.1 Å².